The van der Waals surface area contributed by atoms with Crippen molar-refractivity contribution in [3.8, 4) is 23.0 Å². The van der Waals surface area contributed by atoms with Crippen molar-refractivity contribution in [3.63, 3.8) is 0 Å². The van der Waals surface area contributed by atoms with E-state index >= 15 is 0 Å². The van der Waals surface area contributed by atoms with Gasteiger partial charge in [-0.3, -0.25) is 0 Å². The lowest BCUT2D eigenvalue weighted by Gasteiger charge is -2.08. The predicted octanol–water partition coefficient (Wildman–Crippen LogP) is 2.90. The molecule has 4 nitrogen and oxygen atoms in total. The number of rotatable bonds is 3. The van der Waals surface area contributed by atoms with Crippen LogP contribution < -0.4 is 9.47 Å². The molecule has 0 saturated heterocycles. The molecular weight excluding hydrogens is 350 g/mol. The molecule has 2 aromatic rings. The summed E-state index contributed by atoms with van der Waals surface area (Å²) in [5, 5.41) is 0. The first kappa shape index (κ1) is 13.0. The van der Waals surface area contributed by atoms with E-state index < -0.39 is 0 Å². The summed E-state index contributed by atoms with van der Waals surface area (Å²) in [6.07, 6.45) is 1.53. The fourth-order valence-corrected chi connectivity index (χ4v) is 2.07. The lowest BCUT2D eigenvalue weighted by atomic mass is 10.1. The fraction of sp³-hybridized carbons (Fsp3) is 0.167. The zero-order valence-corrected chi connectivity index (χ0v) is 11.9. The van der Waals surface area contributed by atoms with E-state index in [2.05, 4.69) is 32.6 Å². The van der Waals surface area contributed by atoms with E-state index in [4.69, 9.17) is 9.47 Å². The third-order valence-electron chi connectivity index (χ3n) is 2.30. The van der Waals surface area contributed by atoms with E-state index in [9.17, 15) is 4.39 Å². The van der Waals surface area contributed by atoms with Crippen LogP contribution in [0.3, 0.4) is 0 Å². The number of benzene rings is 1. The summed E-state index contributed by atoms with van der Waals surface area (Å²) >= 11 is 2.12. The van der Waals surface area contributed by atoms with Gasteiger partial charge in [-0.05, 0) is 40.8 Å². The Morgan fingerprint density at radius 1 is 1.17 bits per heavy atom. The van der Waals surface area contributed by atoms with Crippen molar-refractivity contribution in [2.75, 3.05) is 14.2 Å². The standard InChI is InChI=1S/C12H10FIN2O2/c1-17-11-12(18-2)16-10(6-15-11)8-5-7(13)3-4-9(8)14/h3-6H,1-2H3. The minimum atomic E-state index is -0.318. The smallest absolute Gasteiger partial charge is 0.278 e. The molecule has 0 bridgehead atoms. The zero-order chi connectivity index (χ0) is 13.1. The van der Waals surface area contributed by atoms with Crippen LogP contribution in [0, 0.1) is 9.39 Å². The van der Waals surface area contributed by atoms with E-state index in [0.717, 1.165) is 3.57 Å². The summed E-state index contributed by atoms with van der Waals surface area (Å²) in [5.74, 6) is 0.254. The van der Waals surface area contributed by atoms with E-state index in [-0.39, 0.29) is 11.7 Å². The Bertz CT molecular complexity index is 578. The van der Waals surface area contributed by atoms with Crippen molar-refractivity contribution < 1.29 is 13.9 Å². The molecule has 2 rings (SSSR count). The molecule has 1 aromatic heterocycles. The Labute approximate surface area is 117 Å². The highest BCUT2D eigenvalue weighted by molar-refractivity contribution is 14.1. The van der Waals surface area contributed by atoms with Gasteiger partial charge in [0.05, 0.1) is 26.1 Å². The third kappa shape index (κ3) is 2.53. The predicted molar refractivity (Wildman–Crippen MR) is 73.2 cm³/mol. The summed E-state index contributed by atoms with van der Waals surface area (Å²) in [4.78, 5) is 8.33. The molecule has 0 aliphatic heterocycles. The molecule has 0 fully saturated rings. The lowest BCUT2D eigenvalue weighted by molar-refractivity contribution is 0.332. The Balaban J connectivity index is 2.54. The first-order chi connectivity index (χ1) is 8.65. The van der Waals surface area contributed by atoms with Gasteiger partial charge in [0, 0.05) is 9.13 Å². The second-order valence-electron chi connectivity index (χ2n) is 3.40. The molecule has 0 atom stereocenters. The molecule has 0 N–H and O–H groups in total. The van der Waals surface area contributed by atoms with Crippen molar-refractivity contribution in [1.29, 1.82) is 0 Å². The second-order valence-corrected chi connectivity index (χ2v) is 4.56. The van der Waals surface area contributed by atoms with Crippen LogP contribution in [0.4, 0.5) is 4.39 Å². The first-order valence-corrected chi connectivity index (χ1v) is 6.14. The van der Waals surface area contributed by atoms with Crippen LogP contribution >= 0.6 is 22.6 Å². The van der Waals surface area contributed by atoms with E-state index in [1.54, 1.807) is 6.07 Å². The van der Waals surface area contributed by atoms with Crippen LogP contribution in [0.1, 0.15) is 0 Å². The molecule has 94 valence electrons. The van der Waals surface area contributed by atoms with Crippen molar-refractivity contribution in [2.45, 2.75) is 0 Å². The topological polar surface area (TPSA) is 44.2 Å². The summed E-state index contributed by atoms with van der Waals surface area (Å²) in [6.45, 7) is 0. The number of nitrogens with zero attached hydrogens (tertiary/aromatic N) is 2. The molecule has 0 amide bonds. The van der Waals surface area contributed by atoms with Crippen LogP contribution in [-0.4, -0.2) is 24.2 Å². The first-order valence-electron chi connectivity index (χ1n) is 5.06. The van der Waals surface area contributed by atoms with Crippen LogP contribution in [0.25, 0.3) is 11.3 Å². The van der Waals surface area contributed by atoms with Crippen molar-refractivity contribution in [1.82, 2.24) is 9.97 Å². The SMILES string of the molecule is COc1ncc(-c2cc(F)ccc2I)nc1OC. The maximum Gasteiger partial charge on any atom is 0.278 e. The number of aromatic nitrogens is 2. The zero-order valence-electron chi connectivity index (χ0n) is 9.78. The molecular formula is C12H10FIN2O2. The number of hydrogen-bond acceptors (Lipinski definition) is 4. The number of methoxy groups -OCH3 is 2. The van der Waals surface area contributed by atoms with Gasteiger partial charge in [0.1, 0.15) is 5.82 Å². The van der Waals surface area contributed by atoms with Crippen molar-refractivity contribution in [3.05, 3.63) is 33.8 Å². The van der Waals surface area contributed by atoms with Gasteiger partial charge >= 0.3 is 0 Å². The van der Waals surface area contributed by atoms with Crippen LogP contribution in [0.5, 0.6) is 11.8 Å². The fourth-order valence-electron chi connectivity index (χ4n) is 1.46. The summed E-state index contributed by atoms with van der Waals surface area (Å²) in [6, 6.07) is 4.50. The van der Waals surface area contributed by atoms with Crippen molar-refractivity contribution in [2.24, 2.45) is 0 Å². The Morgan fingerprint density at radius 2 is 1.89 bits per heavy atom. The second kappa shape index (κ2) is 5.47. The maximum absolute atomic E-state index is 13.3. The van der Waals surface area contributed by atoms with Crippen LogP contribution in [-0.2, 0) is 0 Å². The quantitative estimate of drug-likeness (QED) is 0.790. The largest absolute Gasteiger partial charge is 0.477 e. The highest BCUT2D eigenvalue weighted by Crippen LogP contribution is 2.28. The van der Waals surface area contributed by atoms with Crippen molar-refractivity contribution >= 4 is 22.6 Å². The maximum atomic E-state index is 13.3. The molecule has 18 heavy (non-hydrogen) atoms. The Morgan fingerprint density at radius 3 is 2.56 bits per heavy atom. The molecule has 0 aliphatic carbocycles. The molecule has 0 unspecified atom stereocenters. The molecule has 0 spiro atoms. The van der Waals surface area contributed by atoms with Crippen LogP contribution in [0.15, 0.2) is 24.4 Å². The molecule has 6 heteroatoms. The van der Waals surface area contributed by atoms with Gasteiger partial charge in [0.2, 0.25) is 0 Å². The minimum Gasteiger partial charge on any atom is -0.477 e. The number of ether oxygens (including phenoxy) is 2. The molecule has 1 aromatic carbocycles. The average Bonchev–Trinajstić information content (AvgIpc) is 2.40. The van der Waals surface area contributed by atoms with Crippen LogP contribution in [0.2, 0.25) is 0 Å². The summed E-state index contributed by atoms with van der Waals surface area (Å²) in [5.41, 5.74) is 1.21. The summed E-state index contributed by atoms with van der Waals surface area (Å²) in [7, 11) is 2.96. The molecule has 0 radical (unpaired) electrons. The number of hydrogen-bond donors (Lipinski definition) is 0. The minimum absolute atomic E-state index is 0.273. The van der Waals surface area contributed by atoms with Gasteiger partial charge in [0.15, 0.2) is 0 Å². The highest BCUT2D eigenvalue weighted by Gasteiger charge is 2.12. The van der Waals surface area contributed by atoms with E-state index in [1.165, 1.54) is 32.5 Å². The normalized spacial score (nSPS) is 10.2. The lowest BCUT2D eigenvalue weighted by Crippen LogP contribution is -1.98. The van der Waals surface area contributed by atoms with Gasteiger partial charge in [-0.25, -0.2) is 14.4 Å². The van der Waals surface area contributed by atoms with E-state index in [1.807, 2.05) is 0 Å². The molecule has 1 heterocycles. The molecule has 0 saturated carbocycles. The van der Waals surface area contributed by atoms with Gasteiger partial charge in [-0.15, -0.1) is 0 Å². The number of halogens is 2. The van der Waals surface area contributed by atoms with Gasteiger partial charge in [-0.1, -0.05) is 0 Å². The monoisotopic (exact) mass is 360 g/mol. The summed E-state index contributed by atoms with van der Waals surface area (Å²) < 4.78 is 24.2. The Kier molecular flexibility index (Phi) is 3.95. The third-order valence-corrected chi connectivity index (χ3v) is 3.24. The average molecular weight is 360 g/mol. The van der Waals surface area contributed by atoms with Gasteiger partial charge in [-0.2, -0.15) is 0 Å². The van der Waals surface area contributed by atoms with Gasteiger partial charge in [0.25, 0.3) is 11.8 Å². The Hall–Kier alpha value is -1.44. The highest BCUT2D eigenvalue weighted by atomic mass is 127. The van der Waals surface area contributed by atoms with E-state index in [0.29, 0.717) is 17.1 Å². The molecule has 0 aliphatic rings. The van der Waals surface area contributed by atoms with Gasteiger partial charge < -0.3 is 9.47 Å².